The van der Waals surface area contributed by atoms with Crippen molar-refractivity contribution in [3.8, 4) is 11.5 Å². The van der Waals surface area contributed by atoms with Gasteiger partial charge in [0.1, 0.15) is 18.1 Å². The van der Waals surface area contributed by atoms with E-state index in [9.17, 15) is 0 Å². The largest absolute Gasteiger partial charge is 0.494 e. The summed E-state index contributed by atoms with van der Waals surface area (Å²) in [6, 6.07) is 16.2. The van der Waals surface area contributed by atoms with E-state index in [0.717, 1.165) is 42.2 Å². The maximum atomic E-state index is 5.83. The molecule has 0 amide bonds. The molecular formula is C21H29NO3. The predicted molar refractivity (Wildman–Crippen MR) is 103 cm³/mol. The topological polar surface area (TPSA) is 39.7 Å². The smallest absolute Gasteiger partial charge is 0.124 e. The van der Waals surface area contributed by atoms with Gasteiger partial charge in [-0.1, -0.05) is 37.6 Å². The number of hydrogen-bond donors (Lipinski definition) is 1. The fraction of sp³-hybridized carbons (Fsp3) is 0.429. The molecule has 0 spiro atoms. The van der Waals surface area contributed by atoms with Crippen LogP contribution in [0.2, 0.25) is 0 Å². The van der Waals surface area contributed by atoms with Crippen LogP contribution in [0.5, 0.6) is 11.5 Å². The highest BCUT2D eigenvalue weighted by molar-refractivity contribution is 5.49. The van der Waals surface area contributed by atoms with Gasteiger partial charge in [-0.2, -0.15) is 0 Å². The van der Waals surface area contributed by atoms with Crippen LogP contribution in [0.1, 0.15) is 32.3 Å². The zero-order chi connectivity index (χ0) is 17.7. The third-order valence-electron chi connectivity index (χ3n) is 3.75. The molecule has 0 saturated heterocycles. The quantitative estimate of drug-likeness (QED) is 0.557. The normalized spacial score (nSPS) is 10.5. The summed E-state index contributed by atoms with van der Waals surface area (Å²) in [6.45, 7) is 7.48. The van der Waals surface area contributed by atoms with Gasteiger partial charge in [0.05, 0.1) is 13.2 Å². The van der Waals surface area contributed by atoms with Crippen LogP contribution in [0.25, 0.3) is 0 Å². The van der Waals surface area contributed by atoms with E-state index in [2.05, 4.69) is 18.3 Å². The molecule has 0 aliphatic rings. The molecule has 0 bridgehead atoms. The lowest BCUT2D eigenvalue weighted by Crippen LogP contribution is -2.09. The van der Waals surface area contributed by atoms with Crippen LogP contribution in [0.3, 0.4) is 0 Å². The lowest BCUT2D eigenvalue weighted by atomic mass is 10.2. The number of ether oxygens (including phenoxy) is 3. The summed E-state index contributed by atoms with van der Waals surface area (Å²) >= 11 is 0. The highest BCUT2D eigenvalue weighted by atomic mass is 16.5. The molecule has 1 N–H and O–H groups in total. The van der Waals surface area contributed by atoms with Gasteiger partial charge in [0.15, 0.2) is 0 Å². The lowest BCUT2D eigenvalue weighted by molar-refractivity contribution is 0.110. The van der Waals surface area contributed by atoms with Gasteiger partial charge in [0.2, 0.25) is 0 Å². The second kappa shape index (κ2) is 11.4. The average molecular weight is 343 g/mol. The van der Waals surface area contributed by atoms with Crippen molar-refractivity contribution in [3.63, 3.8) is 0 Å². The van der Waals surface area contributed by atoms with E-state index in [1.54, 1.807) is 0 Å². The van der Waals surface area contributed by atoms with Crippen LogP contribution in [-0.2, 0) is 11.3 Å². The number of rotatable bonds is 12. The monoisotopic (exact) mass is 343 g/mol. The average Bonchev–Trinajstić information content (AvgIpc) is 2.65. The van der Waals surface area contributed by atoms with Crippen LogP contribution < -0.4 is 14.8 Å². The van der Waals surface area contributed by atoms with Crippen molar-refractivity contribution in [1.29, 1.82) is 0 Å². The molecule has 0 fully saturated rings. The Balaban J connectivity index is 1.89. The molecule has 4 heteroatoms. The Morgan fingerprint density at radius 1 is 0.880 bits per heavy atom. The van der Waals surface area contributed by atoms with E-state index in [1.807, 2.05) is 49.4 Å². The first kappa shape index (κ1) is 19.1. The van der Waals surface area contributed by atoms with Gasteiger partial charge in [-0.05, 0) is 31.5 Å². The number of benzene rings is 2. The van der Waals surface area contributed by atoms with E-state index in [0.29, 0.717) is 26.4 Å². The SMILES string of the molecule is CCCCOc1cccc(NCc2ccccc2OCCOCC)c1. The molecule has 0 heterocycles. The summed E-state index contributed by atoms with van der Waals surface area (Å²) in [4.78, 5) is 0. The third kappa shape index (κ3) is 7.06. The van der Waals surface area contributed by atoms with Gasteiger partial charge < -0.3 is 19.5 Å². The minimum Gasteiger partial charge on any atom is -0.494 e. The zero-order valence-electron chi connectivity index (χ0n) is 15.3. The Morgan fingerprint density at radius 2 is 1.76 bits per heavy atom. The van der Waals surface area contributed by atoms with Crippen molar-refractivity contribution in [2.45, 2.75) is 33.2 Å². The van der Waals surface area contributed by atoms with Crippen molar-refractivity contribution in [2.24, 2.45) is 0 Å². The second-order valence-corrected chi connectivity index (χ2v) is 5.74. The Morgan fingerprint density at radius 3 is 2.60 bits per heavy atom. The predicted octanol–water partition coefficient (Wildman–Crippen LogP) is 4.89. The molecule has 0 aliphatic carbocycles. The minimum absolute atomic E-state index is 0.561. The van der Waals surface area contributed by atoms with Crippen LogP contribution in [0.15, 0.2) is 48.5 Å². The third-order valence-corrected chi connectivity index (χ3v) is 3.75. The summed E-state index contributed by atoms with van der Waals surface area (Å²) < 4.78 is 16.9. The van der Waals surface area contributed by atoms with Gasteiger partial charge >= 0.3 is 0 Å². The molecule has 25 heavy (non-hydrogen) atoms. The Hall–Kier alpha value is -2.20. The van der Waals surface area contributed by atoms with Crippen molar-refractivity contribution in [2.75, 3.05) is 31.7 Å². The Bertz CT molecular complexity index is 616. The Kier molecular flexibility index (Phi) is 8.70. The summed E-state index contributed by atoms with van der Waals surface area (Å²) in [5, 5.41) is 3.44. The van der Waals surface area contributed by atoms with Gasteiger partial charge in [-0.25, -0.2) is 0 Å². The van der Waals surface area contributed by atoms with Crippen LogP contribution in [0.4, 0.5) is 5.69 Å². The van der Waals surface area contributed by atoms with Gasteiger partial charge in [-0.15, -0.1) is 0 Å². The molecule has 0 aromatic heterocycles. The van der Waals surface area contributed by atoms with Gasteiger partial charge in [0.25, 0.3) is 0 Å². The van der Waals surface area contributed by atoms with Gasteiger partial charge in [0, 0.05) is 30.5 Å². The summed E-state index contributed by atoms with van der Waals surface area (Å²) in [7, 11) is 0. The summed E-state index contributed by atoms with van der Waals surface area (Å²) in [6.07, 6.45) is 2.21. The molecular weight excluding hydrogens is 314 g/mol. The van der Waals surface area contributed by atoms with E-state index >= 15 is 0 Å². The summed E-state index contributed by atoms with van der Waals surface area (Å²) in [5.74, 6) is 1.80. The maximum absolute atomic E-state index is 5.83. The first-order valence-electron chi connectivity index (χ1n) is 9.08. The lowest BCUT2D eigenvalue weighted by Gasteiger charge is -2.13. The number of para-hydroxylation sites is 1. The van der Waals surface area contributed by atoms with E-state index in [4.69, 9.17) is 14.2 Å². The molecule has 0 radical (unpaired) electrons. The van der Waals surface area contributed by atoms with Crippen molar-refractivity contribution >= 4 is 5.69 Å². The van der Waals surface area contributed by atoms with Crippen molar-refractivity contribution < 1.29 is 14.2 Å². The molecule has 0 unspecified atom stereocenters. The molecule has 2 aromatic rings. The molecule has 4 nitrogen and oxygen atoms in total. The zero-order valence-corrected chi connectivity index (χ0v) is 15.3. The highest BCUT2D eigenvalue weighted by Crippen LogP contribution is 2.22. The number of hydrogen-bond acceptors (Lipinski definition) is 4. The van der Waals surface area contributed by atoms with Crippen molar-refractivity contribution in [3.05, 3.63) is 54.1 Å². The van der Waals surface area contributed by atoms with Gasteiger partial charge in [-0.3, -0.25) is 0 Å². The molecule has 2 rings (SSSR count). The fourth-order valence-electron chi connectivity index (χ4n) is 2.37. The van der Waals surface area contributed by atoms with E-state index in [1.165, 1.54) is 0 Å². The molecule has 0 atom stereocenters. The van der Waals surface area contributed by atoms with Crippen LogP contribution >= 0.6 is 0 Å². The van der Waals surface area contributed by atoms with E-state index < -0.39 is 0 Å². The first-order chi connectivity index (χ1) is 12.3. The fourth-order valence-corrected chi connectivity index (χ4v) is 2.37. The first-order valence-corrected chi connectivity index (χ1v) is 9.08. The molecule has 136 valence electrons. The molecule has 0 aliphatic heterocycles. The number of nitrogens with one attached hydrogen (secondary N) is 1. The highest BCUT2D eigenvalue weighted by Gasteiger charge is 2.04. The van der Waals surface area contributed by atoms with E-state index in [-0.39, 0.29) is 0 Å². The van der Waals surface area contributed by atoms with Crippen molar-refractivity contribution in [1.82, 2.24) is 0 Å². The van der Waals surface area contributed by atoms with Crippen LogP contribution in [0, 0.1) is 0 Å². The summed E-state index contributed by atoms with van der Waals surface area (Å²) in [5.41, 5.74) is 2.16. The number of anilines is 1. The molecule has 2 aromatic carbocycles. The Labute approximate surface area is 151 Å². The molecule has 0 saturated carbocycles. The number of unbranched alkanes of at least 4 members (excludes halogenated alkanes) is 1. The minimum atomic E-state index is 0.561. The maximum Gasteiger partial charge on any atom is 0.124 e. The second-order valence-electron chi connectivity index (χ2n) is 5.74. The van der Waals surface area contributed by atoms with Crippen LogP contribution in [-0.4, -0.2) is 26.4 Å². The standard InChI is InChI=1S/C21H29NO3/c1-3-5-13-24-20-11-8-10-19(16-20)22-17-18-9-6-7-12-21(18)25-15-14-23-4-2/h6-12,16,22H,3-5,13-15,17H2,1-2H3.